The maximum Gasteiger partial charge on any atom is 0.408 e. The van der Waals surface area contributed by atoms with Gasteiger partial charge in [-0.1, -0.05) is 0 Å². The van der Waals surface area contributed by atoms with Crippen LogP contribution in [0.3, 0.4) is 0 Å². The molecule has 0 aromatic carbocycles. The monoisotopic (exact) mass is 302 g/mol. The van der Waals surface area contributed by atoms with Crippen molar-refractivity contribution in [3.05, 3.63) is 0 Å². The van der Waals surface area contributed by atoms with Crippen LogP contribution < -0.4 is 5.32 Å². The van der Waals surface area contributed by atoms with E-state index in [0.717, 1.165) is 6.26 Å². The Morgan fingerprint density at radius 2 is 2.00 bits per heavy atom. The molecule has 0 spiro atoms. The van der Waals surface area contributed by atoms with Crippen LogP contribution in [0.4, 0.5) is 4.79 Å². The maximum atomic E-state index is 11.9. The van der Waals surface area contributed by atoms with Crippen molar-refractivity contribution in [1.82, 2.24) is 10.2 Å². The second-order valence-corrected chi connectivity index (χ2v) is 5.89. The van der Waals surface area contributed by atoms with E-state index in [-0.39, 0.29) is 6.54 Å². The summed E-state index contributed by atoms with van der Waals surface area (Å²) in [6.07, 6.45) is 1.36. The molecule has 110 valence electrons. The quantitative estimate of drug-likeness (QED) is 0.489. The number of nitrogens with one attached hydrogen (secondary N) is 1. The molecule has 20 heavy (non-hydrogen) atoms. The molecule has 0 aliphatic rings. The van der Waals surface area contributed by atoms with Crippen LogP contribution in [0.1, 0.15) is 6.92 Å². The van der Waals surface area contributed by atoms with Crippen LogP contribution in [0.25, 0.3) is 0 Å². The van der Waals surface area contributed by atoms with Crippen LogP contribution in [-0.2, 0) is 19.4 Å². The van der Waals surface area contributed by atoms with E-state index < -0.39 is 40.2 Å². The van der Waals surface area contributed by atoms with Crippen LogP contribution in [0, 0.1) is 22.8 Å². The molecule has 9 nitrogen and oxygen atoms in total. The summed E-state index contributed by atoms with van der Waals surface area (Å²) in [5.74, 6) is -1.54. The molecule has 10 heteroatoms. The Morgan fingerprint density at radius 3 is 2.40 bits per heavy atom. The van der Waals surface area contributed by atoms with Gasteiger partial charge in [0.05, 0.1) is 5.75 Å². The Kier molecular flexibility index (Phi) is 7.04. The van der Waals surface area contributed by atoms with Gasteiger partial charge < -0.3 is 10.1 Å². The van der Waals surface area contributed by atoms with E-state index in [1.165, 1.54) is 6.92 Å². The molecule has 0 rings (SSSR count). The number of carbonyl (C=O) groups excluding carboxylic acids is 2. The first-order chi connectivity index (χ1) is 9.25. The minimum absolute atomic E-state index is 0.0323. The molecule has 1 N–H and O–H groups in total. The second kappa shape index (κ2) is 7.96. The molecule has 0 fully saturated rings. The topological polar surface area (TPSA) is 140 Å². The molecular weight excluding hydrogens is 288 g/mol. The standard InChI is InChI=1S/C10H14N4O5S/c1-3-14(7-12)9(15)8(6-20(2,17)18)13-10(16)19-5-4-11/h8H,3,5-6H2,1-2H3,(H,13,16). The van der Waals surface area contributed by atoms with E-state index in [1.54, 1.807) is 12.3 Å². The molecule has 0 aromatic rings. The number of ether oxygens (including phenoxy) is 1. The molecule has 2 amide bonds. The summed E-state index contributed by atoms with van der Waals surface area (Å²) < 4.78 is 26.9. The Morgan fingerprint density at radius 1 is 1.40 bits per heavy atom. The van der Waals surface area contributed by atoms with E-state index >= 15 is 0 Å². The van der Waals surface area contributed by atoms with Gasteiger partial charge in [0.15, 0.2) is 12.8 Å². The van der Waals surface area contributed by atoms with E-state index in [4.69, 9.17) is 10.5 Å². The summed E-state index contributed by atoms with van der Waals surface area (Å²) in [7, 11) is -3.58. The van der Waals surface area contributed by atoms with E-state index in [2.05, 4.69) is 4.74 Å². The Labute approximate surface area is 116 Å². The number of hydrogen-bond donors (Lipinski definition) is 1. The van der Waals surface area contributed by atoms with Gasteiger partial charge in [0, 0.05) is 12.8 Å². The predicted octanol–water partition coefficient (Wildman–Crippen LogP) is -1.02. The third-order valence-electron chi connectivity index (χ3n) is 2.03. The lowest BCUT2D eigenvalue weighted by molar-refractivity contribution is -0.129. The van der Waals surface area contributed by atoms with E-state index in [9.17, 15) is 18.0 Å². The Bertz CT molecular complexity index is 545. The van der Waals surface area contributed by atoms with Crippen molar-refractivity contribution in [3.63, 3.8) is 0 Å². The Hall–Kier alpha value is -2.33. The minimum atomic E-state index is -3.58. The number of carbonyl (C=O) groups is 2. The number of alkyl carbamates (subject to hydrolysis) is 1. The third kappa shape index (κ3) is 6.56. The smallest absolute Gasteiger partial charge is 0.408 e. The molecule has 1 atom stereocenters. The number of nitrogens with zero attached hydrogens (tertiary/aromatic N) is 3. The predicted molar refractivity (Wildman–Crippen MR) is 66.6 cm³/mol. The van der Waals surface area contributed by atoms with Crippen molar-refractivity contribution in [2.45, 2.75) is 13.0 Å². The average Bonchev–Trinajstić information content (AvgIpc) is 2.35. The highest BCUT2D eigenvalue weighted by Gasteiger charge is 2.29. The van der Waals surface area contributed by atoms with Crippen LogP contribution >= 0.6 is 0 Å². The van der Waals surface area contributed by atoms with Gasteiger partial charge in [-0.2, -0.15) is 10.5 Å². The van der Waals surface area contributed by atoms with Crippen molar-refractivity contribution in [1.29, 1.82) is 10.5 Å². The summed E-state index contributed by atoms with van der Waals surface area (Å²) in [5, 5.41) is 19.0. The van der Waals surface area contributed by atoms with Crippen LogP contribution in [0.5, 0.6) is 0 Å². The third-order valence-corrected chi connectivity index (χ3v) is 2.97. The lowest BCUT2D eigenvalue weighted by Gasteiger charge is -2.20. The van der Waals surface area contributed by atoms with Gasteiger partial charge in [-0.05, 0) is 6.92 Å². The van der Waals surface area contributed by atoms with Gasteiger partial charge in [-0.3, -0.25) is 4.79 Å². The summed E-state index contributed by atoms with van der Waals surface area (Å²) >= 11 is 0. The summed E-state index contributed by atoms with van der Waals surface area (Å²) in [6, 6.07) is 0.0971. The normalized spacial score (nSPS) is 11.6. The van der Waals surface area contributed by atoms with Gasteiger partial charge in [-0.15, -0.1) is 0 Å². The fraction of sp³-hybridized carbons (Fsp3) is 0.600. The molecular formula is C10H14N4O5S. The van der Waals surface area contributed by atoms with Gasteiger partial charge in [-0.25, -0.2) is 18.1 Å². The fourth-order valence-electron chi connectivity index (χ4n) is 1.22. The molecule has 0 saturated heterocycles. The van der Waals surface area contributed by atoms with Crippen LogP contribution in [-0.4, -0.2) is 56.5 Å². The van der Waals surface area contributed by atoms with Crippen molar-refractivity contribution < 1.29 is 22.7 Å². The minimum Gasteiger partial charge on any atom is -0.434 e. The highest BCUT2D eigenvalue weighted by molar-refractivity contribution is 7.90. The zero-order valence-electron chi connectivity index (χ0n) is 11.0. The molecule has 0 saturated carbocycles. The zero-order chi connectivity index (χ0) is 15.8. The van der Waals surface area contributed by atoms with Gasteiger partial charge >= 0.3 is 6.09 Å². The first kappa shape index (κ1) is 17.7. The highest BCUT2D eigenvalue weighted by atomic mass is 32.2. The molecule has 1 unspecified atom stereocenters. The Balaban J connectivity index is 5.01. The molecule has 0 aliphatic carbocycles. The first-order valence-corrected chi connectivity index (χ1v) is 7.50. The number of likely N-dealkylation sites (N-methyl/N-ethyl adjacent to an activating group) is 1. The van der Waals surface area contributed by atoms with Gasteiger partial charge in [0.25, 0.3) is 5.91 Å². The molecule has 0 bridgehead atoms. The first-order valence-electron chi connectivity index (χ1n) is 5.44. The van der Waals surface area contributed by atoms with Crippen molar-refractivity contribution >= 4 is 21.8 Å². The molecule has 0 heterocycles. The SMILES string of the molecule is CCN(C#N)C(=O)C(CS(C)(=O)=O)NC(=O)OCC#N. The van der Waals surface area contributed by atoms with Crippen molar-refractivity contribution in [3.8, 4) is 12.3 Å². The summed E-state index contributed by atoms with van der Waals surface area (Å²) in [6.45, 7) is 1.01. The van der Waals surface area contributed by atoms with Crippen molar-refractivity contribution in [2.24, 2.45) is 0 Å². The lowest BCUT2D eigenvalue weighted by Crippen LogP contribution is -2.50. The number of rotatable bonds is 6. The van der Waals surface area contributed by atoms with Crippen molar-refractivity contribution in [2.75, 3.05) is 25.2 Å². The van der Waals surface area contributed by atoms with Gasteiger partial charge in [0.1, 0.15) is 21.9 Å². The summed E-state index contributed by atoms with van der Waals surface area (Å²) in [4.78, 5) is 23.9. The molecule has 0 aliphatic heterocycles. The number of hydrogen-bond acceptors (Lipinski definition) is 7. The van der Waals surface area contributed by atoms with E-state index in [1.807, 2.05) is 5.32 Å². The largest absolute Gasteiger partial charge is 0.434 e. The van der Waals surface area contributed by atoms with Crippen LogP contribution in [0.2, 0.25) is 0 Å². The summed E-state index contributed by atoms with van der Waals surface area (Å²) in [5.41, 5.74) is 0. The number of nitriles is 2. The molecule has 0 radical (unpaired) electrons. The van der Waals surface area contributed by atoms with Crippen LogP contribution in [0.15, 0.2) is 0 Å². The number of sulfone groups is 1. The molecule has 0 aromatic heterocycles. The highest BCUT2D eigenvalue weighted by Crippen LogP contribution is 1.99. The number of amides is 2. The average molecular weight is 302 g/mol. The maximum absolute atomic E-state index is 11.9. The lowest BCUT2D eigenvalue weighted by atomic mass is 10.3. The fourth-order valence-corrected chi connectivity index (χ4v) is 2.05. The van der Waals surface area contributed by atoms with Gasteiger partial charge in [0.2, 0.25) is 0 Å². The zero-order valence-corrected chi connectivity index (χ0v) is 11.8. The van der Waals surface area contributed by atoms with E-state index in [0.29, 0.717) is 4.90 Å². The second-order valence-electron chi connectivity index (χ2n) is 3.71.